The van der Waals surface area contributed by atoms with Crippen LogP contribution in [0.4, 0.5) is 5.69 Å². The number of carbonyl (C=O) groups is 1. The highest BCUT2D eigenvalue weighted by Crippen LogP contribution is 2.18. The van der Waals surface area contributed by atoms with E-state index in [0.717, 1.165) is 36.0 Å². The maximum atomic E-state index is 11.9. The molecule has 0 atom stereocenters. The number of benzene rings is 2. The second-order valence-electron chi connectivity index (χ2n) is 5.64. The molecule has 1 N–H and O–H groups in total. The van der Waals surface area contributed by atoms with Gasteiger partial charge in [0.25, 0.3) is 0 Å². The SMILES string of the molecule is CCCOc1ccc(OCCSCC(=O)Nc2ccc(C)cc2)cc1. The van der Waals surface area contributed by atoms with Gasteiger partial charge in [-0.1, -0.05) is 24.6 Å². The van der Waals surface area contributed by atoms with Crippen LogP contribution in [0.3, 0.4) is 0 Å². The summed E-state index contributed by atoms with van der Waals surface area (Å²) in [6.07, 6.45) is 0.993. The van der Waals surface area contributed by atoms with E-state index in [4.69, 9.17) is 9.47 Å². The Labute approximate surface area is 153 Å². The molecule has 0 bridgehead atoms. The van der Waals surface area contributed by atoms with E-state index in [1.165, 1.54) is 5.56 Å². The predicted molar refractivity (Wildman–Crippen MR) is 105 cm³/mol. The van der Waals surface area contributed by atoms with Crippen molar-refractivity contribution < 1.29 is 14.3 Å². The Morgan fingerprint density at radius 2 is 1.56 bits per heavy atom. The monoisotopic (exact) mass is 359 g/mol. The van der Waals surface area contributed by atoms with E-state index in [1.807, 2.05) is 55.5 Å². The van der Waals surface area contributed by atoms with Gasteiger partial charge < -0.3 is 14.8 Å². The van der Waals surface area contributed by atoms with Crippen LogP contribution in [0, 0.1) is 6.92 Å². The van der Waals surface area contributed by atoms with Gasteiger partial charge in [-0.15, -0.1) is 11.8 Å². The molecule has 0 unspecified atom stereocenters. The molecule has 0 fully saturated rings. The lowest BCUT2D eigenvalue weighted by Gasteiger charge is -2.08. The van der Waals surface area contributed by atoms with E-state index >= 15 is 0 Å². The van der Waals surface area contributed by atoms with Crippen molar-refractivity contribution in [1.82, 2.24) is 0 Å². The normalized spacial score (nSPS) is 10.3. The molecule has 0 aliphatic carbocycles. The zero-order valence-electron chi connectivity index (χ0n) is 14.8. The first-order chi connectivity index (χ1) is 12.2. The molecule has 0 saturated carbocycles. The highest BCUT2D eigenvalue weighted by molar-refractivity contribution is 7.99. The standard InChI is InChI=1S/C20H25NO3S/c1-3-12-23-18-8-10-19(11-9-18)24-13-14-25-15-20(22)21-17-6-4-16(2)5-7-17/h4-11H,3,12-15H2,1-2H3,(H,21,22). The largest absolute Gasteiger partial charge is 0.494 e. The quantitative estimate of drug-likeness (QED) is 0.633. The van der Waals surface area contributed by atoms with Crippen molar-refractivity contribution in [2.45, 2.75) is 20.3 Å². The number of amides is 1. The van der Waals surface area contributed by atoms with Gasteiger partial charge in [0.1, 0.15) is 11.5 Å². The summed E-state index contributed by atoms with van der Waals surface area (Å²) in [6, 6.07) is 15.4. The molecule has 0 aromatic heterocycles. The molecule has 1 amide bonds. The van der Waals surface area contributed by atoms with Gasteiger partial charge in [0.05, 0.1) is 19.0 Å². The lowest BCUT2D eigenvalue weighted by molar-refractivity contribution is -0.113. The first-order valence-corrected chi connectivity index (χ1v) is 9.63. The molecule has 0 aliphatic heterocycles. The van der Waals surface area contributed by atoms with Gasteiger partial charge in [-0.2, -0.15) is 0 Å². The minimum Gasteiger partial charge on any atom is -0.494 e. The van der Waals surface area contributed by atoms with E-state index in [1.54, 1.807) is 11.8 Å². The van der Waals surface area contributed by atoms with Gasteiger partial charge in [0.15, 0.2) is 0 Å². The summed E-state index contributed by atoms with van der Waals surface area (Å²) in [5.74, 6) is 2.85. The number of carbonyl (C=O) groups excluding carboxylic acids is 1. The summed E-state index contributed by atoms with van der Waals surface area (Å²) >= 11 is 1.56. The minimum absolute atomic E-state index is 0.00581. The van der Waals surface area contributed by atoms with Gasteiger partial charge in [0.2, 0.25) is 5.91 Å². The van der Waals surface area contributed by atoms with Crippen LogP contribution < -0.4 is 14.8 Å². The molecule has 0 spiro atoms. The third-order valence-electron chi connectivity index (χ3n) is 3.36. The van der Waals surface area contributed by atoms with Crippen molar-refractivity contribution in [2.24, 2.45) is 0 Å². The fourth-order valence-corrected chi connectivity index (χ4v) is 2.67. The molecule has 25 heavy (non-hydrogen) atoms. The van der Waals surface area contributed by atoms with Crippen molar-refractivity contribution in [1.29, 1.82) is 0 Å². The highest BCUT2D eigenvalue weighted by atomic mass is 32.2. The van der Waals surface area contributed by atoms with Crippen molar-refractivity contribution >= 4 is 23.4 Å². The Kier molecular flexibility index (Phi) is 8.19. The number of hydrogen-bond donors (Lipinski definition) is 1. The van der Waals surface area contributed by atoms with Crippen molar-refractivity contribution in [3.63, 3.8) is 0 Å². The minimum atomic E-state index is 0.00581. The molecule has 0 radical (unpaired) electrons. The van der Waals surface area contributed by atoms with E-state index in [9.17, 15) is 4.79 Å². The maximum Gasteiger partial charge on any atom is 0.234 e. The zero-order valence-corrected chi connectivity index (χ0v) is 15.6. The van der Waals surface area contributed by atoms with Crippen LogP contribution in [0.1, 0.15) is 18.9 Å². The lowest BCUT2D eigenvalue weighted by atomic mass is 10.2. The van der Waals surface area contributed by atoms with Crippen molar-refractivity contribution in [2.75, 3.05) is 30.0 Å². The summed E-state index contributed by atoms with van der Waals surface area (Å²) in [7, 11) is 0. The van der Waals surface area contributed by atoms with E-state index in [0.29, 0.717) is 12.4 Å². The number of ether oxygens (including phenoxy) is 2. The van der Waals surface area contributed by atoms with Crippen molar-refractivity contribution in [3.8, 4) is 11.5 Å². The van der Waals surface area contributed by atoms with Gasteiger partial charge in [-0.3, -0.25) is 4.79 Å². The molecule has 2 rings (SSSR count). The molecule has 4 nitrogen and oxygen atoms in total. The van der Waals surface area contributed by atoms with Crippen LogP contribution in [-0.2, 0) is 4.79 Å². The van der Waals surface area contributed by atoms with Crippen LogP contribution in [0.25, 0.3) is 0 Å². The average Bonchev–Trinajstić information content (AvgIpc) is 2.62. The second-order valence-corrected chi connectivity index (χ2v) is 6.74. The summed E-state index contributed by atoms with van der Waals surface area (Å²) in [5.41, 5.74) is 2.01. The Morgan fingerprint density at radius 3 is 2.16 bits per heavy atom. The summed E-state index contributed by atoms with van der Waals surface area (Å²) in [6.45, 7) is 5.39. The highest BCUT2D eigenvalue weighted by Gasteiger charge is 2.03. The van der Waals surface area contributed by atoms with Crippen LogP contribution in [0.2, 0.25) is 0 Å². The van der Waals surface area contributed by atoms with Crippen LogP contribution in [0.5, 0.6) is 11.5 Å². The number of aryl methyl sites for hydroxylation is 1. The fraction of sp³-hybridized carbons (Fsp3) is 0.350. The Hall–Kier alpha value is -2.14. The number of nitrogens with one attached hydrogen (secondary N) is 1. The molecule has 0 aliphatic rings. The number of rotatable bonds is 10. The van der Waals surface area contributed by atoms with Crippen molar-refractivity contribution in [3.05, 3.63) is 54.1 Å². The topological polar surface area (TPSA) is 47.6 Å². The van der Waals surface area contributed by atoms with Crippen LogP contribution in [0.15, 0.2) is 48.5 Å². The van der Waals surface area contributed by atoms with E-state index in [-0.39, 0.29) is 5.91 Å². The molecule has 0 heterocycles. The molecule has 2 aromatic carbocycles. The van der Waals surface area contributed by atoms with E-state index in [2.05, 4.69) is 12.2 Å². The van der Waals surface area contributed by atoms with Gasteiger partial charge >= 0.3 is 0 Å². The predicted octanol–water partition coefficient (Wildman–Crippen LogP) is 4.53. The third-order valence-corrected chi connectivity index (χ3v) is 4.28. The van der Waals surface area contributed by atoms with Crippen LogP contribution in [-0.4, -0.2) is 30.6 Å². The van der Waals surface area contributed by atoms with E-state index < -0.39 is 0 Å². The first kappa shape index (κ1) is 19.2. The molecule has 134 valence electrons. The summed E-state index contributed by atoms with van der Waals surface area (Å²) in [4.78, 5) is 11.9. The lowest BCUT2D eigenvalue weighted by Crippen LogP contribution is -2.15. The van der Waals surface area contributed by atoms with Gasteiger partial charge in [-0.25, -0.2) is 0 Å². The fourth-order valence-electron chi connectivity index (χ4n) is 2.07. The average molecular weight is 359 g/mol. The van der Waals surface area contributed by atoms with Gasteiger partial charge in [0, 0.05) is 11.4 Å². The summed E-state index contributed by atoms with van der Waals surface area (Å²) < 4.78 is 11.2. The second kappa shape index (κ2) is 10.7. The number of anilines is 1. The molecule has 0 saturated heterocycles. The van der Waals surface area contributed by atoms with Gasteiger partial charge in [-0.05, 0) is 49.7 Å². The Balaban J connectivity index is 1.59. The molecular formula is C20H25NO3S. The Bertz CT molecular complexity index is 641. The molecular weight excluding hydrogens is 334 g/mol. The number of thioether (sulfide) groups is 1. The Morgan fingerprint density at radius 1 is 0.960 bits per heavy atom. The zero-order chi connectivity index (χ0) is 17.9. The summed E-state index contributed by atoms with van der Waals surface area (Å²) in [5, 5.41) is 2.89. The smallest absolute Gasteiger partial charge is 0.234 e. The molecule has 5 heteroatoms. The first-order valence-electron chi connectivity index (χ1n) is 8.47. The number of hydrogen-bond acceptors (Lipinski definition) is 4. The third kappa shape index (κ3) is 7.52. The maximum absolute atomic E-state index is 11.9. The van der Waals surface area contributed by atoms with Crippen LogP contribution >= 0.6 is 11.8 Å². The molecule has 2 aromatic rings.